The van der Waals surface area contributed by atoms with Crippen molar-refractivity contribution >= 4 is 22.9 Å². The molecule has 0 radical (unpaired) electrons. The van der Waals surface area contributed by atoms with Crippen molar-refractivity contribution in [3.63, 3.8) is 0 Å². The lowest BCUT2D eigenvalue weighted by Gasteiger charge is -2.08. The molecule has 120 valence electrons. The number of hydrogen-bond donors (Lipinski definition) is 2. The van der Waals surface area contributed by atoms with E-state index in [2.05, 4.69) is 10.3 Å². The molecule has 23 heavy (non-hydrogen) atoms. The van der Waals surface area contributed by atoms with Crippen molar-refractivity contribution in [1.29, 1.82) is 0 Å². The van der Waals surface area contributed by atoms with Crippen LogP contribution in [0.15, 0.2) is 36.7 Å². The second-order valence-corrected chi connectivity index (χ2v) is 5.73. The molecule has 1 aromatic carbocycles. The fraction of sp³-hybridized carbons (Fsp3) is 0.235. The summed E-state index contributed by atoms with van der Waals surface area (Å²) < 4.78 is 7.24. The van der Waals surface area contributed by atoms with E-state index in [0.717, 1.165) is 34.7 Å². The number of hydrogen-bond acceptors (Lipinski definition) is 4. The molecule has 3 rings (SSSR count). The maximum absolute atomic E-state index is 6.25. The number of nitrogens with two attached hydrogens (primary N) is 1. The fourth-order valence-electron chi connectivity index (χ4n) is 2.53. The van der Waals surface area contributed by atoms with Gasteiger partial charge in [0.2, 0.25) is 0 Å². The van der Waals surface area contributed by atoms with Crippen molar-refractivity contribution in [1.82, 2.24) is 9.38 Å². The van der Waals surface area contributed by atoms with Crippen LogP contribution in [0.2, 0.25) is 5.02 Å². The first-order valence-electron chi connectivity index (χ1n) is 7.39. The number of rotatable bonds is 5. The molecule has 0 spiro atoms. The fourth-order valence-corrected chi connectivity index (χ4v) is 2.77. The van der Waals surface area contributed by atoms with E-state index in [1.807, 2.05) is 48.0 Å². The first-order valence-corrected chi connectivity index (χ1v) is 7.77. The lowest BCUT2D eigenvalue weighted by Crippen LogP contribution is -2.13. The van der Waals surface area contributed by atoms with Crippen molar-refractivity contribution in [3.05, 3.63) is 47.2 Å². The zero-order valence-electron chi connectivity index (χ0n) is 13.1. The van der Waals surface area contributed by atoms with Gasteiger partial charge in [-0.2, -0.15) is 0 Å². The minimum absolute atomic E-state index is 0.579. The van der Waals surface area contributed by atoms with Crippen LogP contribution < -0.4 is 15.8 Å². The lowest BCUT2D eigenvalue weighted by atomic mass is 10.1. The number of anilines is 1. The third-order valence-electron chi connectivity index (χ3n) is 3.70. The number of aromatic nitrogens is 2. The Balaban J connectivity index is 2.02. The molecule has 0 saturated carbocycles. The highest BCUT2D eigenvalue weighted by molar-refractivity contribution is 6.32. The van der Waals surface area contributed by atoms with Gasteiger partial charge in [-0.05, 0) is 36.8 Å². The van der Waals surface area contributed by atoms with Crippen LogP contribution in [0.25, 0.3) is 16.9 Å². The number of aryl methyl sites for hydroxylation is 1. The lowest BCUT2D eigenvalue weighted by molar-refractivity contribution is 0.415. The van der Waals surface area contributed by atoms with E-state index in [9.17, 15) is 0 Å². The molecular weight excluding hydrogens is 312 g/mol. The minimum atomic E-state index is 0.579. The average Bonchev–Trinajstić information content (AvgIpc) is 2.97. The predicted octanol–water partition coefficient (Wildman–Crippen LogP) is 3.34. The number of ether oxygens (including phenoxy) is 1. The molecule has 0 amide bonds. The van der Waals surface area contributed by atoms with Crippen molar-refractivity contribution in [2.24, 2.45) is 5.73 Å². The second-order valence-electron chi connectivity index (χ2n) is 5.33. The highest BCUT2D eigenvalue weighted by Crippen LogP contribution is 2.33. The monoisotopic (exact) mass is 330 g/mol. The summed E-state index contributed by atoms with van der Waals surface area (Å²) in [6, 6.07) is 7.79. The number of halogens is 1. The van der Waals surface area contributed by atoms with E-state index in [0.29, 0.717) is 17.3 Å². The zero-order chi connectivity index (χ0) is 16.4. The van der Waals surface area contributed by atoms with Crippen molar-refractivity contribution in [2.75, 3.05) is 25.5 Å². The summed E-state index contributed by atoms with van der Waals surface area (Å²) in [6.45, 7) is 3.35. The first-order chi connectivity index (χ1) is 11.1. The molecular formula is C17H19ClN4O. The SMILES string of the molecule is COc1cc(C)c(-c2cn3cc(NCCN)ccc3n2)cc1Cl. The number of imidazole rings is 1. The maximum atomic E-state index is 6.25. The smallest absolute Gasteiger partial charge is 0.137 e. The molecule has 0 bridgehead atoms. The van der Waals surface area contributed by atoms with E-state index in [-0.39, 0.29) is 0 Å². The van der Waals surface area contributed by atoms with Crippen LogP contribution in [0.4, 0.5) is 5.69 Å². The summed E-state index contributed by atoms with van der Waals surface area (Å²) in [5.41, 5.74) is 10.3. The molecule has 6 heteroatoms. The number of benzene rings is 1. The Labute approximate surface area is 140 Å². The Morgan fingerprint density at radius 3 is 2.87 bits per heavy atom. The van der Waals surface area contributed by atoms with Gasteiger partial charge in [0.1, 0.15) is 11.4 Å². The normalized spacial score (nSPS) is 11.0. The molecule has 5 nitrogen and oxygen atoms in total. The second kappa shape index (κ2) is 6.48. The number of pyridine rings is 1. The minimum Gasteiger partial charge on any atom is -0.495 e. The molecule has 0 aliphatic carbocycles. The van der Waals surface area contributed by atoms with Gasteiger partial charge in [0.15, 0.2) is 0 Å². The molecule has 0 fully saturated rings. The predicted molar refractivity (Wildman–Crippen MR) is 94.5 cm³/mol. The van der Waals surface area contributed by atoms with Crippen LogP contribution in [-0.2, 0) is 0 Å². The van der Waals surface area contributed by atoms with Crippen molar-refractivity contribution in [3.8, 4) is 17.0 Å². The van der Waals surface area contributed by atoms with Gasteiger partial charge in [0.25, 0.3) is 0 Å². The van der Waals surface area contributed by atoms with Gasteiger partial charge in [-0.3, -0.25) is 0 Å². The molecule has 2 heterocycles. The largest absolute Gasteiger partial charge is 0.495 e. The van der Waals surface area contributed by atoms with Gasteiger partial charge in [-0.1, -0.05) is 11.6 Å². The molecule has 3 N–H and O–H groups in total. The van der Waals surface area contributed by atoms with Gasteiger partial charge >= 0.3 is 0 Å². The maximum Gasteiger partial charge on any atom is 0.137 e. The summed E-state index contributed by atoms with van der Waals surface area (Å²) in [5.74, 6) is 0.671. The molecule has 0 saturated heterocycles. The molecule has 0 aliphatic heterocycles. The Morgan fingerprint density at radius 1 is 1.30 bits per heavy atom. The van der Waals surface area contributed by atoms with Gasteiger partial charge < -0.3 is 20.2 Å². The highest BCUT2D eigenvalue weighted by atomic mass is 35.5. The third kappa shape index (κ3) is 3.11. The molecule has 0 aliphatic rings. The Kier molecular flexibility index (Phi) is 4.41. The van der Waals surface area contributed by atoms with Crippen LogP contribution in [0.3, 0.4) is 0 Å². The van der Waals surface area contributed by atoms with Crippen LogP contribution in [0.5, 0.6) is 5.75 Å². The van der Waals surface area contributed by atoms with Gasteiger partial charge in [-0.15, -0.1) is 0 Å². The summed E-state index contributed by atoms with van der Waals surface area (Å²) in [6.07, 6.45) is 4.00. The summed E-state index contributed by atoms with van der Waals surface area (Å²) in [7, 11) is 1.61. The van der Waals surface area contributed by atoms with Crippen LogP contribution in [0, 0.1) is 6.92 Å². The highest BCUT2D eigenvalue weighted by Gasteiger charge is 2.11. The number of nitrogens with zero attached hydrogens (tertiary/aromatic N) is 2. The van der Waals surface area contributed by atoms with E-state index in [1.54, 1.807) is 7.11 Å². The van der Waals surface area contributed by atoms with E-state index in [4.69, 9.17) is 22.1 Å². The number of methoxy groups -OCH3 is 1. The Bertz CT molecular complexity index is 844. The van der Waals surface area contributed by atoms with E-state index < -0.39 is 0 Å². The van der Waals surface area contributed by atoms with Crippen LogP contribution in [0.1, 0.15) is 5.56 Å². The number of nitrogens with one attached hydrogen (secondary N) is 1. The van der Waals surface area contributed by atoms with Gasteiger partial charge in [0.05, 0.1) is 23.5 Å². The zero-order valence-corrected chi connectivity index (χ0v) is 13.9. The van der Waals surface area contributed by atoms with Gasteiger partial charge in [0, 0.05) is 31.0 Å². The molecule has 3 aromatic rings. The third-order valence-corrected chi connectivity index (χ3v) is 3.99. The van der Waals surface area contributed by atoms with Crippen molar-refractivity contribution < 1.29 is 4.74 Å². The van der Waals surface area contributed by atoms with Crippen LogP contribution >= 0.6 is 11.6 Å². The van der Waals surface area contributed by atoms with E-state index in [1.165, 1.54) is 0 Å². The first kappa shape index (κ1) is 15.6. The summed E-state index contributed by atoms with van der Waals surface area (Å²) in [5, 5.41) is 3.84. The average molecular weight is 331 g/mol. The molecule has 2 aromatic heterocycles. The summed E-state index contributed by atoms with van der Waals surface area (Å²) in [4.78, 5) is 4.67. The quantitative estimate of drug-likeness (QED) is 0.753. The van der Waals surface area contributed by atoms with Gasteiger partial charge in [-0.25, -0.2) is 4.98 Å². The molecule has 0 atom stereocenters. The topological polar surface area (TPSA) is 64.6 Å². The van der Waals surface area contributed by atoms with Crippen LogP contribution in [-0.4, -0.2) is 29.6 Å². The standard InChI is InChI=1S/C17H19ClN4O/c1-11-7-16(23-2)14(18)8-13(11)15-10-22-9-12(20-6-5-19)3-4-17(22)21-15/h3-4,7-10,20H,5-6,19H2,1-2H3. The number of fused-ring (bicyclic) bond motifs is 1. The van der Waals surface area contributed by atoms with Crippen molar-refractivity contribution in [2.45, 2.75) is 6.92 Å². The Morgan fingerprint density at radius 2 is 2.13 bits per heavy atom. The Hall–Kier alpha value is -2.24. The summed E-state index contributed by atoms with van der Waals surface area (Å²) >= 11 is 6.25. The van der Waals surface area contributed by atoms with E-state index >= 15 is 0 Å². The molecule has 0 unspecified atom stereocenters.